The number of ether oxygens (including phenoxy) is 3. The molecule has 0 aliphatic carbocycles. The van der Waals surface area contributed by atoms with E-state index in [0.29, 0.717) is 47.7 Å². The molecule has 0 bridgehead atoms. The second kappa shape index (κ2) is 11.0. The van der Waals surface area contributed by atoms with E-state index in [1.165, 1.54) is 22.5 Å². The number of halogens is 2. The van der Waals surface area contributed by atoms with Gasteiger partial charge in [0.05, 0.1) is 23.1 Å². The molecule has 1 aliphatic heterocycles. The van der Waals surface area contributed by atoms with Crippen LogP contribution in [0.4, 0.5) is 0 Å². The zero-order chi connectivity index (χ0) is 22.3. The standard InChI is InChI=1S/C21H21Cl2NO6S/c22-17-4-7-20(19(23)15-17)29-13-14-30-21(25)8-3-16-1-5-18(6-2-16)31(26,27)24-9-11-28-12-10-24/h1-8,15H,9-14H2/b8-3+. The number of hydrogen-bond acceptors (Lipinski definition) is 6. The van der Waals surface area contributed by atoms with Crippen molar-refractivity contribution in [3.05, 3.63) is 64.1 Å². The highest BCUT2D eigenvalue weighted by molar-refractivity contribution is 7.89. The third-order valence-corrected chi connectivity index (χ3v) is 6.82. The minimum absolute atomic E-state index is 0.0405. The third-order valence-electron chi connectivity index (χ3n) is 4.38. The van der Waals surface area contributed by atoms with Crippen molar-refractivity contribution in [2.75, 3.05) is 39.5 Å². The molecular weight excluding hydrogens is 465 g/mol. The lowest BCUT2D eigenvalue weighted by molar-refractivity contribution is -0.138. The van der Waals surface area contributed by atoms with Crippen LogP contribution in [0.25, 0.3) is 6.08 Å². The Balaban J connectivity index is 1.47. The van der Waals surface area contributed by atoms with Crippen LogP contribution in [0, 0.1) is 0 Å². The number of sulfonamides is 1. The van der Waals surface area contributed by atoms with Gasteiger partial charge in [-0.2, -0.15) is 4.31 Å². The molecule has 7 nitrogen and oxygen atoms in total. The Morgan fingerprint density at radius 2 is 1.77 bits per heavy atom. The molecule has 1 fully saturated rings. The Morgan fingerprint density at radius 1 is 1.06 bits per heavy atom. The maximum Gasteiger partial charge on any atom is 0.330 e. The number of hydrogen-bond donors (Lipinski definition) is 0. The lowest BCUT2D eigenvalue weighted by atomic mass is 10.2. The van der Waals surface area contributed by atoms with Gasteiger partial charge in [-0.3, -0.25) is 0 Å². The molecule has 0 radical (unpaired) electrons. The molecule has 0 spiro atoms. The summed E-state index contributed by atoms with van der Waals surface area (Å²) >= 11 is 11.8. The largest absolute Gasteiger partial charge is 0.488 e. The third kappa shape index (κ3) is 6.69. The van der Waals surface area contributed by atoms with Crippen LogP contribution < -0.4 is 4.74 Å². The average molecular weight is 486 g/mol. The zero-order valence-corrected chi connectivity index (χ0v) is 18.8. The van der Waals surface area contributed by atoms with Crippen molar-refractivity contribution in [2.45, 2.75) is 4.90 Å². The van der Waals surface area contributed by atoms with E-state index in [1.807, 2.05) is 0 Å². The molecule has 1 aliphatic rings. The molecule has 2 aromatic rings. The first-order valence-corrected chi connectivity index (χ1v) is 11.7. The molecule has 1 heterocycles. The smallest absolute Gasteiger partial charge is 0.330 e. The second-order valence-electron chi connectivity index (χ2n) is 6.51. The fourth-order valence-corrected chi connectivity index (χ4v) is 4.66. The Hall–Kier alpha value is -2.10. The number of morpholine rings is 1. The monoisotopic (exact) mass is 485 g/mol. The molecule has 10 heteroatoms. The first-order valence-electron chi connectivity index (χ1n) is 9.47. The predicted octanol–water partition coefficient (Wildman–Crippen LogP) is 3.65. The fourth-order valence-electron chi connectivity index (χ4n) is 2.79. The van der Waals surface area contributed by atoms with Crippen LogP contribution in [-0.4, -0.2) is 58.2 Å². The van der Waals surface area contributed by atoms with E-state index in [4.69, 9.17) is 37.4 Å². The summed E-state index contributed by atoms with van der Waals surface area (Å²) in [5, 5.41) is 0.874. The number of benzene rings is 2. The Morgan fingerprint density at radius 3 is 2.45 bits per heavy atom. The van der Waals surface area contributed by atoms with E-state index in [2.05, 4.69) is 0 Å². The van der Waals surface area contributed by atoms with Gasteiger partial charge >= 0.3 is 5.97 Å². The first-order chi connectivity index (χ1) is 14.9. The van der Waals surface area contributed by atoms with Crippen LogP contribution in [0.2, 0.25) is 10.0 Å². The molecule has 0 N–H and O–H groups in total. The maximum absolute atomic E-state index is 12.6. The Kier molecular flexibility index (Phi) is 8.34. The van der Waals surface area contributed by atoms with E-state index in [-0.39, 0.29) is 18.1 Å². The fraction of sp³-hybridized carbons (Fsp3) is 0.286. The lowest BCUT2D eigenvalue weighted by Gasteiger charge is -2.26. The van der Waals surface area contributed by atoms with Crippen LogP contribution in [0.1, 0.15) is 5.56 Å². The molecule has 0 amide bonds. The van der Waals surface area contributed by atoms with Crippen molar-refractivity contribution in [3.63, 3.8) is 0 Å². The van der Waals surface area contributed by atoms with E-state index >= 15 is 0 Å². The highest BCUT2D eigenvalue weighted by Gasteiger charge is 2.25. The van der Waals surface area contributed by atoms with Crippen LogP contribution in [-0.2, 0) is 24.3 Å². The van der Waals surface area contributed by atoms with Gasteiger partial charge in [0.25, 0.3) is 0 Å². The summed E-state index contributed by atoms with van der Waals surface area (Å²) in [6.45, 7) is 1.63. The van der Waals surface area contributed by atoms with Crippen LogP contribution >= 0.6 is 23.2 Å². The Bertz CT molecular complexity index is 1030. The molecule has 31 heavy (non-hydrogen) atoms. The number of rotatable bonds is 8. The molecule has 2 aromatic carbocycles. The molecule has 1 saturated heterocycles. The topological polar surface area (TPSA) is 82.1 Å². The molecule has 0 saturated carbocycles. The van der Waals surface area contributed by atoms with Gasteiger partial charge in [-0.15, -0.1) is 0 Å². The zero-order valence-electron chi connectivity index (χ0n) is 16.5. The maximum atomic E-state index is 12.6. The predicted molar refractivity (Wildman–Crippen MR) is 118 cm³/mol. The van der Waals surface area contributed by atoms with E-state index in [9.17, 15) is 13.2 Å². The highest BCUT2D eigenvalue weighted by Crippen LogP contribution is 2.27. The normalized spacial score (nSPS) is 15.2. The summed E-state index contributed by atoms with van der Waals surface area (Å²) < 4.78 is 42.3. The molecule has 0 aromatic heterocycles. The van der Waals surface area contributed by atoms with Gasteiger partial charge < -0.3 is 14.2 Å². The van der Waals surface area contributed by atoms with Gasteiger partial charge in [0.1, 0.15) is 19.0 Å². The highest BCUT2D eigenvalue weighted by atomic mass is 35.5. The van der Waals surface area contributed by atoms with E-state index < -0.39 is 16.0 Å². The first kappa shape index (κ1) is 23.6. The van der Waals surface area contributed by atoms with Crippen molar-refractivity contribution in [3.8, 4) is 5.75 Å². The summed E-state index contributed by atoms with van der Waals surface area (Å²) in [6, 6.07) is 11.1. The SMILES string of the molecule is O=C(/C=C/c1ccc(S(=O)(=O)N2CCOCC2)cc1)OCCOc1ccc(Cl)cc1Cl. The van der Waals surface area contributed by atoms with Crippen molar-refractivity contribution in [1.82, 2.24) is 4.31 Å². The molecular formula is C21H21Cl2NO6S. The van der Waals surface area contributed by atoms with E-state index in [1.54, 1.807) is 36.4 Å². The van der Waals surface area contributed by atoms with Gasteiger partial charge in [-0.25, -0.2) is 13.2 Å². The van der Waals surface area contributed by atoms with Crippen molar-refractivity contribution < 1.29 is 27.4 Å². The molecule has 0 atom stereocenters. The van der Waals surface area contributed by atoms with Gasteiger partial charge in [-0.05, 0) is 42.0 Å². The van der Waals surface area contributed by atoms with Gasteiger partial charge in [-0.1, -0.05) is 35.3 Å². The van der Waals surface area contributed by atoms with Gasteiger partial charge in [0, 0.05) is 24.2 Å². The Labute approximate surface area is 191 Å². The van der Waals surface area contributed by atoms with Crippen LogP contribution in [0.5, 0.6) is 5.75 Å². The summed E-state index contributed by atoms with van der Waals surface area (Å²) in [5.41, 5.74) is 0.669. The number of esters is 1. The number of nitrogens with zero attached hydrogens (tertiary/aromatic N) is 1. The van der Waals surface area contributed by atoms with Crippen LogP contribution in [0.3, 0.4) is 0 Å². The van der Waals surface area contributed by atoms with E-state index in [0.717, 1.165) is 0 Å². The number of carbonyl (C=O) groups is 1. The number of carbonyl (C=O) groups excluding carboxylic acids is 1. The molecule has 166 valence electrons. The minimum atomic E-state index is -3.55. The van der Waals surface area contributed by atoms with Crippen molar-refractivity contribution >= 4 is 45.3 Å². The minimum Gasteiger partial charge on any atom is -0.488 e. The van der Waals surface area contributed by atoms with Crippen molar-refractivity contribution in [1.29, 1.82) is 0 Å². The summed E-state index contributed by atoms with van der Waals surface area (Å²) in [5.74, 6) is -0.0967. The quantitative estimate of drug-likeness (QED) is 0.322. The second-order valence-corrected chi connectivity index (χ2v) is 9.29. The molecule has 0 unspecified atom stereocenters. The summed E-state index contributed by atoms with van der Waals surface area (Å²) in [4.78, 5) is 12.1. The van der Waals surface area contributed by atoms with Gasteiger partial charge in [0.15, 0.2) is 0 Å². The van der Waals surface area contributed by atoms with Gasteiger partial charge in [0.2, 0.25) is 10.0 Å². The lowest BCUT2D eigenvalue weighted by Crippen LogP contribution is -2.40. The molecule has 3 rings (SSSR count). The van der Waals surface area contributed by atoms with Crippen LogP contribution in [0.15, 0.2) is 53.4 Å². The summed E-state index contributed by atoms with van der Waals surface area (Å²) in [6.07, 6.45) is 2.81. The summed E-state index contributed by atoms with van der Waals surface area (Å²) in [7, 11) is -3.55. The van der Waals surface area contributed by atoms with Crippen molar-refractivity contribution in [2.24, 2.45) is 0 Å². The average Bonchev–Trinajstić information content (AvgIpc) is 2.77.